The van der Waals surface area contributed by atoms with Gasteiger partial charge in [0.1, 0.15) is 0 Å². The molecule has 0 aromatic carbocycles. The van der Waals surface area contributed by atoms with E-state index in [0.717, 1.165) is 45.4 Å². The number of rotatable bonds is 35. The maximum Gasteiger partial charge on any atom is 0.223 e. The lowest BCUT2D eigenvalue weighted by atomic mass is 9.93. The highest BCUT2D eigenvalue weighted by Crippen LogP contribution is 2.20. The summed E-state index contributed by atoms with van der Waals surface area (Å²) in [7, 11) is 2.03. The van der Waals surface area contributed by atoms with E-state index in [2.05, 4.69) is 36.3 Å². The lowest BCUT2D eigenvalue weighted by Gasteiger charge is -2.28. The second-order valence-electron chi connectivity index (χ2n) is 13.5. The zero-order valence-corrected chi connectivity index (χ0v) is 29.9. The zero-order valence-electron chi connectivity index (χ0n) is 29.9. The Hall–Kier alpha value is -0.650. The van der Waals surface area contributed by atoms with Crippen LogP contribution in [0.2, 0.25) is 0 Å². The first kappa shape index (κ1) is 42.3. The molecule has 0 aliphatic heterocycles. The van der Waals surface area contributed by atoms with Crippen molar-refractivity contribution < 1.29 is 9.90 Å². The number of nitrogens with zero attached hydrogens (tertiary/aromatic N) is 1. The molecule has 0 fully saturated rings. The van der Waals surface area contributed by atoms with Crippen molar-refractivity contribution in [3.8, 4) is 0 Å². The summed E-state index contributed by atoms with van der Waals surface area (Å²) in [4.78, 5) is 15.5. The highest BCUT2D eigenvalue weighted by Gasteiger charge is 2.17. The van der Waals surface area contributed by atoms with Crippen molar-refractivity contribution in [1.82, 2.24) is 15.5 Å². The Kier molecular flexibility index (Phi) is 33.7. The van der Waals surface area contributed by atoms with Gasteiger partial charge in [0.05, 0.1) is 6.61 Å². The molecule has 3 N–H and O–H groups in total. The van der Waals surface area contributed by atoms with Gasteiger partial charge in [0.25, 0.3) is 0 Å². The zero-order chi connectivity index (χ0) is 31.6. The summed E-state index contributed by atoms with van der Waals surface area (Å²) in [5.41, 5.74) is 0. The molecule has 0 aliphatic carbocycles. The number of hydrogen-bond acceptors (Lipinski definition) is 4. The fourth-order valence-electron chi connectivity index (χ4n) is 6.39. The molecular formula is C38H79N3O2. The number of carbonyl (C=O) groups excluding carboxylic acids is 1. The van der Waals surface area contributed by atoms with Gasteiger partial charge in [-0.2, -0.15) is 0 Å². The van der Waals surface area contributed by atoms with Crippen LogP contribution in [0.25, 0.3) is 0 Å². The molecule has 0 spiro atoms. The number of aliphatic hydroxyl groups is 1. The van der Waals surface area contributed by atoms with Crippen molar-refractivity contribution in [3.63, 3.8) is 0 Å². The molecule has 43 heavy (non-hydrogen) atoms. The lowest BCUT2D eigenvalue weighted by molar-refractivity contribution is -0.125. The smallest absolute Gasteiger partial charge is 0.223 e. The quantitative estimate of drug-likeness (QED) is 0.0626. The van der Waals surface area contributed by atoms with Gasteiger partial charge in [0, 0.05) is 25.0 Å². The summed E-state index contributed by atoms with van der Waals surface area (Å²) in [6.45, 7) is 11.0. The van der Waals surface area contributed by atoms with Crippen LogP contribution in [0.4, 0.5) is 0 Å². The molecule has 0 saturated heterocycles. The van der Waals surface area contributed by atoms with Crippen LogP contribution in [-0.4, -0.2) is 61.8 Å². The van der Waals surface area contributed by atoms with Crippen LogP contribution < -0.4 is 10.6 Å². The second-order valence-corrected chi connectivity index (χ2v) is 13.5. The molecule has 0 aromatic heterocycles. The van der Waals surface area contributed by atoms with Crippen LogP contribution in [0.1, 0.15) is 188 Å². The van der Waals surface area contributed by atoms with E-state index in [9.17, 15) is 9.90 Å². The van der Waals surface area contributed by atoms with Crippen LogP contribution in [0.15, 0.2) is 0 Å². The number of hydrogen-bond donors (Lipinski definition) is 3. The van der Waals surface area contributed by atoms with Gasteiger partial charge in [-0.25, -0.2) is 0 Å². The van der Waals surface area contributed by atoms with Gasteiger partial charge in [0.2, 0.25) is 5.91 Å². The molecule has 258 valence electrons. The Bertz CT molecular complexity index is 543. The third kappa shape index (κ3) is 28.6. The molecule has 0 aliphatic rings. The minimum Gasteiger partial charge on any atom is -0.395 e. The summed E-state index contributed by atoms with van der Waals surface area (Å²) in [6.07, 6.45) is 33.0. The first-order valence-corrected chi connectivity index (χ1v) is 19.4. The van der Waals surface area contributed by atoms with Crippen LogP contribution in [0.3, 0.4) is 0 Å². The molecule has 5 nitrogen and oxygen atoms in total. The minimum atomic E-state index is 0.222. The van der Waals surface area contributed by atoms with Crippen molar-refractivity contribution in [2.24, 2.45) is 5.92 Å². The Balaban J connectivity index is 4.11. The van der Waals surface area contributed by atoms with Gasteiger partial charge in [0.15, 0.2) is 0 Å². The number of nitrogens with one attached hydrogen (secondary N) is 2. The van der Waals surface area contributed by atoms with Crippen molar-refractivity contribution >= 4 is 5.91 Å². The molecule has 0 radical (unpaired) electrons. The maximum absolute atomic E-state index is 13.0. The number of unbranched alkanes of at least 4 members (excludes halogenated alkanes) is 19. The van der Waals surface area contributed by atoms with Gasteiger partial charge >= 0.3 is 0 Å². The largest absolute Gasteiger partial charge is 0.395 e. The molecule has 1 atom stereocenters. The predicted octanol–water partition coefficient (Wildman–Crippen LogP) is 9.80. The van der Waals surface area contributed by atoms with E-state index in [1.807, 2.05) is 7.05 Å². The van der Waals surface area contributed by atoms with Crippen LogP contribution in [0, 0.1) is 5.92 Å². The summed E-state index contributed by atoms with van der Waals surface area (Å²) in [5, 5.41) is 16.1. The van der Waals surface area contributed by atoms with Crippen molar-refractivity contribution in [3.05, 3.63) is 0 Å². The standard InChI is InChI=1S/C38H79N3O2/c1-5-7-9-11-17-23-29-37(30-24-18-12-10-8-6-2)38(43)40-32-26-20-15-21-27-33-41(34-35-42)36(3)28-22-16-13-14-19-25-31-39-4/h36-37,39,42H,5-35H2,1-4H3,(H,40,43). The number of amides is 1. The third-order valence-electron chi connectivity index (χ3n) is 9.41. The van der Waals surface area contributed by atoms with E-state index in [-0.39, 0.29) is 12.5 Å². The van der Waals surface area contributed by atoms with E-state index < -0.39 is 0 Å². The summed E-state index contributed by atoms with van der Waals surface area (Å²) < 4.78 is 0. The molecule has 0 saturated carbocycles. The van der Waals surface area contributed by atoms with Crippen LogP contribution >= 0.6 is 0 Å². The molecule has 5 heteroatoms. The molecule has 1 unspecified atom stereocenters. The summed E-state index contributed by atoms with van der Waals surface area (Å²) >= 11 is 0. The summed E-state index contributed by atoms with van der Waals surface area (Å²) in [5.74, 6) is 0.546. The van der Waals surface area contributed by atoms with Crippen molar-refractivity contribution in [2.45, 2.75) is 194 Å². The predicted molar refractivity (Wildman–Crippen MR) is 190 cm³/mol. The van der Waals surface area contributed by atoms with E-state index in [1.165, 1.54) is 148 Å². The molecule has 0 aromatic rings. The fraction of sp³-hybridized carbons (Fsp3) is 0.974. The number of carbonyl (C=O) groups is 1. The van der Waals surface area contributed by atoms with Gasteiger partial charge in [-0.3, -0.25) is 9.69 Å². The van der Waals surface area contributed by atoms with Crippen LogP contribution in [0.5, 0.6) is 0 Å². The Morgan fingerprint density at radius 3 is 1.53 bits per heavy atom. The van der Waals surface area contributed by atoms with Gasteiger partial charge < -0.3 is 15.7 Å². The molecule has 0 heterocycles. The Morgan fingerprint density at radius 1 is 0.581 bits per heavy atom. The van der Waals surface area contributed by atoms with Crippen molar-refractivity contribution in [2.75, 3.05) is 39.8 Å². The highest BCUT2D eigenvalue weighted by atomic mass is 16.3. The van der Waals surface area contributed by atoms with E-state index in [0.29, 0.717) is 11.9 Å². The van der Waals surface area contributed by atoms with Gasteiger partial charge in [-0.15, -0.1) is 0 Å². The topological polar surface area (TPSA) is 64.6 Å². The molecule has 1 amide bonds. The first-order chi connectivity index (χ1) is 21.1. The second kappa shape index (κ2) is 34.2. The van der Waals surface area contributed by atoms with Gasteiger partial charge in [-0.05, 0) is 65.6 Å². The van der Waals surface area contributed by atoms with Gasteiger partial charge in [-0.1, -0.05) is 142 Å². The minimum absolute atomic E-state index is 0.222. The molecular weight excluding hydrogens is 530 g/mol. The Morgan fingerprint density at radius 2 is 1.02 bits per heavy atom. The Labute approximate surface area is 270 Å². The van der Waals surface area contributed by atoms with E-state index in [4.69, 9.17) is 0 Å². The molecule has 0 bridgehead atoms. The summed E-state index contributed by atoms with van der Waals surface area (Å²) in [6, 6.07) is 0.562. The average molecular weight is 610 g/mol. The lowest BCUT2D eigenvalue weighted by Crippen LogP contribution is -2.36. The third-order valence-corrected chi connectivity index (χ3v) is 9.41. The van der Waals surface area contributed by atoms with Crippen LogP contribution in [-0.2, 0) is 4.79 Å². The highest BCUT2D eigenvalue weighted by molar-refractivity contribution is 5.78. The number of aliphatic hydroxyl groups excluding tert-OH is 1. The monoisotopic (exact) mass is 610 g/mol. The molecule has 0 rings (SSSR count). The SMILES string of the molecule is CCCCCCCCC(CCCCCCCC)C(=O)NCCCCCCCN(CCO)C(C)CCCCCCCCNC. The normalized spacial score (nSPS) is 12.4. The fourth-order valence-corrected chi connectivity index (χ4v) is 6.39. The average Bonchev–Trinajstić information content (AvgIpc) is 3.01. The van der Waals surface area contributed by atoms with Crippen molar-refractivity contribution in [1.29, 1.82) is 0 Å². The first-order valence-electron chi connectivity index (χ1n) is 19.4. The maximum atomic E-state index is 13.0. The van der Waals surface area contributed by atoms with E-state index >= 15 is 0 Å². The van der Waals surface area contributed by atoms with E-state index in [1.54, 1.807) is 0 Å².